The molecular formula is C15H9Cl2N5O. The fourth-order valence-electron chi connectivity index (χ4n) is 2.43. The molecule has 1 aromatic heterocycles. The van der Waals surface area contributed by atoms with Crippen LogP contribution in [0.3, 0.4) is 0 Å². The molecule has 2 aromatic rings. The third kappa shape index (κ3) is 3.00. The zero-order valence-corrected chi connectivity index (χ0v) is 13.1. The molecule has 3 rings (SSSR count). The van der Waals surface area contributed by atoms with E-state index in [2.05, 4.69) is 15.3 Å². The van der Waals surface area contributed by atoms with Gasteiger partial charge in [0.2, 0.25) is 11.9 Å². The number of imidazole rings is 1. The Labute approximate surface area is 141 Å². The third-order valence-corrected chi connectivity index (χ3v) is 4.21. The minimum atomic E-state index is -0.233. The van der Waals surface area contributed by atoms with Crippen molar-refractivity contribution in [3.63, 3.8) is 0 Å². The average molecular weight is 346 g/mol. The zero-order chi connectivity index (χ0) is 16.6. The molecule has 1 heterocycles. The Morgan fingerprint density at radius 3 is 2.74 bits per heavy atom. The summed E-state index contributed by atoms with van der Waals surface area (Å²) in [7, 11) is 0. The van der Waals surface area contributed by atoms with Gasteiger partial charge in [0.25, 0.3) is 0 Å². The predicted molar refractivity (Wildman–Crippen MR) is 84.0 cm³/mol. The van der Waals surface area contributed by atoms with Crippen LogP contribution in [0.15, 0.2) is 18.2 Å². The van der Waals surface area contributed by atoms with Crippen LogP contribution in [0.25, 0.3) is 0 Å². The van der Waals surface area contributed by atoms with Crippen molar-refractivity contribution in [1.29, 1.82) is 10.5 Å². The summed E-state index contributed by atoms with van der Waals surface area (Å²) in [5.41, 5.74) is 0.859. The second-order valence-corrected chi connectivity index (χ2v) is 5.98. The van der Waals surface area contributed by atoms with E-state index in [9.17, 15) is 4.79 Å². The molecule has 1 aliphatic carbocycles. The molecule has 1 aromatic carbocycles. The minimum Gasteiger partial charge on any atom is -0.314 e. The van der Waals surface area contributed by atoms with Crippen molar-refractivity contribution in [3.05, 3.63) is 45.2 Å². The number of benzene rings is 1. The van der Waals surface area contributed by atoms with Crippen LogP contribution in [-0.2, 0) is 4.79 Å². The number of carbonyl (C=O) groups excluding carboxylic acids is 1. The molecule has 1 saturated carbocycles. The van der Waals surface area contributed by atoms with Gasteiger partial charge in [-0.05, 0) is 30.0 Å². The highest BCUT2D eigenvalue weighted by molar-refractivity contribution is 6.35. The number of nitriles is 2. The average Bonchev–Trinajstić information content (AvgIpc) is 3.21. The molecule has 1 fully saturated rings. The fourth-order valence-corrected chi connectivity index (χ4v) is 2.98. The number of aromatic amines is 1. The number of carbonyl (C=O) groups is 1. The van der Waals surface area contributed by atoms with Gasteiger partial charge in [0.05, 0.1) is 0 Å². The molecule has 6 nitrogen and oxygen atoms in total. The summed E-state index contributed by atoms with van der Waals surface area (Å²) < 4.78 is 0. The molecule has 0 radical (unpaired) electrons. The molecule has 0 saturated heterocycles. The molecule has 2 N–H and O–H groups in total. The number of rotatable bonds is 3. The summed E-state index contributed by atoms with van der Waals surface area (Å²) in [6, 6.07) is 8.80. The number of aromatic nitrogens is 2. The van der Waals surface area contributed by atoms with E-state index in [-0.39, 0.29) is 35.1 Å². The van der Waals surface area contributed by atoms with Crippen molar-refractivity contribution in [2.75, 3.05) is 5.32 Å². The lowest BCUT2D eigenvalue weighted by Gasteiger charge is -2.04. The van der Waals surface area contributed by atoms with Crippen molar-refractivity contribution in [2.45, 2.75) is 12.3 Å². The summed E-state index contributed by atoms with van der Waals surface area (Å²) in [4.78, 5) is 18.7. The minimum absolute atomic E-state index is 0.0240. The van der Waals surface area contributed by atoms with Gasteiger partial charge in [-0.15, -0.1) is 0 Å². The second-order valence-electron chi connectivity index (χ2n) is 5.14. The van der Waals surface area contributed by atoms with Crippen LogP contribution < -0.4 is 5.32 Å². The van der Waals surface area contributed by atoms with Gasteiger partial charge in [-0.25, -0.2) is 4.98 Å². The van der Waals surface area contributed by atoms with E-state index in [1.807, 2.05) is 12.1 Å². The smallest absolute Gasteiger partial charge is 0.230 e. The van der Waals surface area contributed by atoms with E-state index in [1.54, 1.807) is 18.2 Å². The Balaban J connectivity index is 1.70. The Morgan fingerprint density at radius 1 is 1.35 bits per heavy atom. The van der Waals surface area contributed by atoms with Gasteiger partial charge < -0.3 is 4.98 Å². The van der Waals surface area contributed by atoms with E-state index in [4.69, 9.17) is 33.7 Å². The first-order chi connectivity index (χ1) is 11.0. The van der Waals surface area contributed by atoms with Crippen molar-refractivity contribution >= 4 is 35.1 Å². The zero-order valence-electron chi connectivity index (χ0n) is 11.6. The number of nitrogens with zero attached hydrogens (tertiary/aromatic N) is 3. The lowest BCUT2D eigenvalue weighted by Crippen LogP contribution is -2.15. The first-order valence-electron chi connectivity index (χ1n) is 6.69. The fraction of sp³-hybridized carbons (Fsp3) is 0.200. The molecule has 1 amide bonds. The molecule has 8 heteroatoms. The summed E-state index contributed by atoms with van der Waals surface area (Å²) in [6.07, 6.45) is 0.671. The first kappa shape index (κ1) is 15.4. The van der Waals surface area contributed by atoms with E-state index in [1.165, 1.54) is 0 Å². The number of halogens is 2. The van der Waals surface area contributed by atoms with Crippen LogP contribution in [-0.4, -0.2) is 15.9 Å². The maximum atomic E-state index is 12.2. The number of nitrogens with one attached hydrogen (secondary N) is 2. The SMILES string of the molecule is N#Cc1nc(NC(=O)[C@H]2C[C@H]2c2ccc(Cl)cc2Cl)[nH]c1C#N. The van der Waals surface area contributed by atoms with Crippen LogP contribution in [0.2, 0.25) is 10.0 Å². The van der Waals surface area contributed by atoms with Crippen LogP contribution in [0.5, 0.6) is 0 Å². The highest BCUT2D eigenvalue weighted by Crippen LogP contribution is 2.50. The number of H-pyrrole nitrogens is 1. The van der Waals surface area contributed by atoms with E-state index in [0.717, 1.165) is 5.56 Å². The van der Waals surface area contributed by atoms with Crippen LogP contribution in [0.4, 0.5) is 5.95 Å². The Kier molecular flexibility index (Phi) is 3.96. The molecule has 0 unspecified atom stereocenters. The van der Waals surface area contributed by atoms with Crippen molar-refractivity contribution in [1.82, 2.24) is 9.97 Å². The lowest BCUT2D eigenvalue weighted by molar-refractivity contribution is -0.117. The van der Waals surface area contributed by atoms with Gasteiger partial charge in [0, 0.05) is 16.0 Å². The van der Waals surface area contributed by atoms with E-state index < -0.39 is 0 Å². The molecule has 114 valence electrons. The topological polar surface area (TPSA) is 105 Å². The molecule has 1 aliphatic rings. The first-order valence-corrected chi connectivity index (χ1v) is 7.45. The van der Waals surface area contributed by atoms with E-state index >= 15 is 0 Å². The van der Waals surface area contributed by atoms with Gasteiger partial charge in [-0.1, -0.05) is 29.3 Å². The Bertz CT molecular complexity index is 845. The Morgan fingerprint density at radius 2 is 2.13 bits per heavy atom. The monoisotopic (exact) mass is 345 g/mol. The molecular weight excluding hydrogens is 337 g/mol. The van der Waals surface area contributed by atoms with Crippen LogP contribution in [0, 0.1) is 28.6 Å². The quantitative estimate of drug-likeness (QED) is 0.890. The molecule has 0 bridgehead atoms. The molecule has 2 atom stereocenters. The lowest BCUT2D eigenvalue weighted by atomic mass is 10.1. The number of hydrogen-bond acceptors (Lipinski definition) is 4. The predicted octanol–water partition coefficient (Wildman–Crippen LogP) is 3.20. The second kappa shape index (κ2) is 5.92. The van der Waals surface area contributed by atoms with Crippen molar-refractivity contribution < 1.29 is 4.79 Å². The molecule has 0 spiro atoms. The highest BCUT2D eigenvalue weighted by atomic mass is 35.5. The van der Waals surface area contributed by atoms with Gasteiger partial charge in [-0.2, -0.15) is 10.5 Å². The Hall–Kier alpha value is -2.54. The largest absolute Gasteiger partial charge is 0.314 e. The number of hydrogen-bond donors (Lipinski definition) is 2. The van der Waals surface area contributed by atoms with Gasteiger partial charge in [0.1, 0.15) is 12.1 Å². The normalized spacial score (nSPS) is 18.8. The van der Waals surface area contributed by atoms with Crippen molar-refractivity contribution in [2.24, 2.45) is 5.92 Å². The highest BCUT2D eigenvalue weighted by Gasteiger charge is 2.45. The van der Waals surface area contributed by atoms with E-state index in [0.29, 0.717) is 16.5 Å². The van der Waals surface area contributed by atoms with Gasteiger partial charge in [-0.3, -0.25) is 10.1 Å². The number of amides is 1. The summed E-state index contributed by atoms with van der Waals surface area (Å²) >= 11 is 12.0. The standard InChI is InChI=1S/C15H9Cl2N5O/c16-7-1-2-8(11(17)3-7)9-4-10(9)14(23)22-15-20-12(5-18)13(6-19)21-15/h1-3,9-10H,4H2,(H2,20,21,22,23)/t9-,10-/m0/s1. The summed E-state index contributed by atoms with van der Waals surface area (Å²) in [6.45, 7) is 0. The maximum absolute atomic E-state index is 12.2. The van der Waals surface area contributed by atoms with Crippen LogP contribution >= 0.6 is 23.2 Å². The molecule has 0 aliphatic heterocycles. The number of anilines is 1. The summed E-state index contributed by atoms with van der Waals surface area (Å²) in [5.74, 6) is -0.338. The van der Waals surface area contributed by atoms with Crippen LogP contribution in [0.1, 0.15) is 29.3 Å². The maximum Gasteiger partial charge on any atom is 0.230 e. The van der Waals surface area contributed by atoms with Gasteiger partial charge >= 0.3 is 0 Å². The third-order valence-electron chi connectivity index (χ3n) is 3.65. The summed E-state index contributed by atoms with van der Waals surface area (Å²) in [5, 5.41) is 21.4. The van der Waals surface area contributed by atoms with Gasteiger partial charge in [0.15, 0.2) is 11.4 Å². The molecule has 23 heavy (non-hydrogen) atoms. The van der Waals surface area contributed by atoms with Crippen molar-refractivity contribution in [3.8, 4) is 12.1 Å².